The first-order valence-corrected chi connectivity index (χ1v) is 7.64. The SMILES string of the molecule is O=C(O)/C(=C\c1ccccc1)c1ccc2ccccc2c1Br. The molecule has 1 N–H and O–H groups in total. The van der Waals surface area contributed by atoms with Crippen LogP contribution in [0.15, 0.2) is 71.2 Å². The van der Waals surface area contributed by atoms with Crippen LogP contribution in [0.4, 0.5) is 0 Å². The van der Waals surface area contributed by atoms with Gasteiger partial charge in [0, 0.05) is 10.0 Å². The van der Waals surface area contributed by atoms with Crippen molar-refractivity contribution in [3.8, 4) is 0 Å². The fraction of sp³-hybridized carbons (Fsp3) is 0. The maximum Gasteiger partial charge on any atom is 0.336 e. The van der Waals surface area contributed by atoms with Crippen molar-refractivity contribution >= 4 is 44.3 Å². The van der Waals surface area contributed by atoms with Crippen LogP contribution in [-0.4, -0.2) is 11.1 Å². The molecule has 0 aliphatic heterocycles. The summed E-state index contributed by atoms with van der Waals surface area (Å²) in [5.74, 6) is -0.945. The average molecular weight is 353 g/mol. The quantitative estimate of drug-likeness (QED) is 0.517. The van der Waals surface area contributed by atoms with E-state index in [0.717, 1.165) is 20.8 Å². The van der Waals surface area contributed by atoms with Crippen molar-refractivity contribution in [2.75, 3.05) is 0 Å². The van der Waals surface area contributed by atoms with Gasteiger partial charge in [0.05, 0.1) is 5.57 Å². The van der Waals surface area contributed by atoms with Crippen molar-refractivity contribution in [3.05, 3.63) is 82.3 Å². The number of hydrogen-bond acceptors (Lipinski definition) is 1. The summed E-state index contributed by atoms with van der Waals surface area (Å²) in [7, 11) is 0. The highest BCUT2D eigenvalue weighted by atomic mass is 79.9. The van der Waals surface area contributed by atoms with Crippen LogP contribution in [0.25, 0.3) is 22.4 Å². The molecule has 0 unspecified atom stereocenters. The highest BCUT2D eigenvalue weighted by Gasteiger charge is 2.15. The van der Waals surface area contributed by atoms with Gasteiger partial charge >= 0.3 is 5.97 Å². The lowest BCUT2D eigenvalue weighted by Gasteiger charge is -2.09. The number of aliphatic carboxylic acids is 1. The van der Waals surface area contributed by atoms with Crippen LogP contribution in [-0.2, 0) is 4.79 Å². The minimum atomic E-state index is -0.945. The molecule has 0 saturated heterocycles. The predicted molar refractivity (Wildman–Crippen MR) is 93.6 cm³/mol. The summed E-state index contributed by atoms with van der Waals surface area (Å²) in [6.07, 6.45) is 1.69. The first-order valence-electron chi connectivity index (χ1n) is 6.84. The van der Waals surface area contributed by atoms with Gasteiger partial charge < -0.3 is 5.11 Å². The summed E-state index contributed by atoms with van der Waals surface area (Å²) in [5, 5.41) is 11.7. The van der Waals surface area contributed by atoms with Crippen molar-refractivity contribution < 1.29 is 9.90 Å². The number of benzene rings is 3. The minimum Gasteiger partial charge on any atom is -0.478 e. The molecule has 0 spiro atoms. The monoisotopic (exact) mass is 352 g/mol. The zero-order chi connectivity index (χ0) is 15.5. The maximum atomic E-state index is 11.7. The van der Waals surface area contributed by atoms with Crippen LogP contribution in [0, 0.1) is 0 Å². The molecule has 0 heterocycles. The third kappa shape index (κ3) is 2.81. The van der Waals surface area contributed by atoms with Crippen molar-refractivity contribution in [2.45, 2.75) is 0 Å². The highest BCUT2D eigenvalue weighted by molar-refractivity contribution is 9.10. The first-order chi connectivity index (χ1) is 10.7. The fourth-order valence-corrected chi connectivity index (χ4v) is 3.12. The van der Waals surface area contributed by atoms with E-state index >= 15 is 0 Å². The average Bonchev–Trinajstić information content (AvgIpc) is 2.54. The minimum absolute atomic E-state index is 0.267. The normalized spacial score (nSPS) is 11.6. The number of carboxylic acid groups (broad SMARTS) is 1. The van der Waals surface area contributed by atoms with E-state index in [1.165, 1.54) is 0 Å². The largest absolute Gasteiger partial charge is 0.478 e. The summed E-state index contributed by atoms with van der Waals surface area (Å²) >= 11 is 3.56. The number of rotatable bonds is 3. The second-order valence-electron chi connectivity index (χ2n) is 4.92. The van der Waals surface area contributed by atoms with Gasteiger partial charge in [-0.05, 0) is 38.3 Å². The molecular formula is C19H13BrO2. The summed E-state index contributed by atoms with van der Waals surface area (Å²) in [6, 6.07) is 21.1. The Morgan fingerprint density at radius 3 is 2.32 bits per heavy atom. The molecule has 3 aromatic carbocycles. The Labute approximate surface area is 136 Å². The van der Waals surface area contributed by atoms with Crippen LogP contribution in [0.1, 0.15) is 11.1 Å². The van der Waals surface area contributed by atoms with Gasteiger partial charge in [-0.2, -0.15) is 0 Å². The van der Waals surface area contributed by atoms with Gasteiger partial charge in [-0.3, -0.25) is 0 Å². The number of carboxylic acids is 1. The molecule has 2 nitrogen and oxygen atoms in total. The Bertz CT molecular complexity index is 867. The van der Waals surface area contributed by atoms with Gasteiger partial charge in [0.1, 0.15) is 0 Å². The highest BCUT2D eigenvalue weighted by Crippen LogP contribution is 2.33. The molecule has 0 aliphatic rings. The van der Waals surface area contributed by atoms with E-state index in [2.05, 4.69) is 15.9 Å². The Morgan fingerprint density at radius 1 is 0.909 bits per heavy atom. The third-order valence-corrected chi connectivity index (χ3v) is 4.35. The Morgan fingerprint density at radius 2 is 1.59 bits per heavy atom. The Balaban J connectivity index is 2.20. The molecule has 108 valence electrons. The van der Waals surface area contributed by atoms with E-state index < -0.39 is 5.97 Å². The maximum absolute atomic E-state index is 11.7. The summed E-state index contributed by atoms with van der Waals surface area (Å²) in [6.45, 7) is 0. The lowest BCUT2D eigenvalue weighted by Crippen LogP contribution is -2.00. The standard InChI is InChI=1S/C19H13BrO2/c20-18-15-9-5-4-8-14(15)10-11-16(18)17(19(21)22)12-13-6-2-1-3-7-13/h1-12H,(H,21,22)/b17-12-. The van der Waals surface area contributed by atoms with Crippen molar-refractivity contribution in [3.63, 3.8) is 0 Å². The van der Waals surface area contributed by atoms with Gasteiger partial charge in [-0.25, -0.2) is 4.79 Å². The molecule has 0 aromatic heterocycles. The van der Waals surface area contributed by atoms with Crippen LogP contribution in [0.2, 0.25) is 0 Å². The molecule has 3 heteroatoms. The van der Waals surface area contributed by atoms with Gasteiger partial charge in [0.15, 0.2) is 0 Å². The van der Waals surface area contributed by atoms with E-state index in [-0.39, 0.29) is 5.57 Å². The smallest absolute Gasteiger partial charge is 0.336 e. The molecule has 0 bridgehead atoms. The Kier molecular flexibility index (Phi) is 4.07. The number of hydrogen-bond donors (Lipinski definition) is 1. The third-order valence-electron chi connectivity index (χ3n) is 3.49. The van der Waals surface area contributed by atoms with E-state index in [1.54, 1.807) is 6.08 Å². The van der Waals surface area contributed by atoms with Crippen molar-refractivity contribution in [1.82, 2.24) is 0 Å². The molecule has 0 saturated carbocycles. The summed E-state index contributed by atoms with van der Waals surface area (Å²) < 4.78 is 0.801. The molecule has 0 radical (unpaired) electrons. The molecule has 0 aliphatic carbocycles. The first kappa shape index (κ1) is 14.5. The molecule has 3 aromatic rings. The molecule has 0 amide bonds. The molecule has 3 rings (SSSR count). The lowest BCUT2D eigenvalue weighted by atomic mass is 9.99. The molecular weight excluding hydrogens is 340 g/mol. The van der Waals surface area contributed by atoms with E-state index in [1.807, 2.05) is 66.7 Å². The summed E-state index contributed by atoms with van der Waals surface area (Å²) in [4.78, 5) is 11.7. The number of carbonyl (C=O) groups is 1. The van der Waals surface area contributed by atoms with Crippen LogP contribution >= 0.6 is 15.9 Å². The summed E-state index contributed by atoms with van der Waals surface area (Å²) in [5.41, 5.74) is 1.80. The lowest BCUT2D eigenvalue weighted by molar-refractivity contribution is -0.130. The topological polar surface area (TPSA) is 37.3 Å². The molecule has 22 heavy (non-hydrogen) atoms. The van der Waals surface area contributed by atoms with E-state index in [4.69, 9.17) is 0 Å². The predicted octanol–water partition coefficient (Wildman–Crippen LogP) is 5.23. The zero-order valence-corrected chi connectivity index (χ0v) is 13.2. The van der Waals surface area contributed by atoms with Crippen molar-refractivity contribution in [1.29, 1.82) is 0 Å². The van der Waals surface area contributed by atoms with Gasteiger partial charge in [0.25, 0.3) is 0 Å². The van der Waals surface area contributed by atoms with Gasteiger partial charge in [-0.1, -0.05) is 66.7 Å². The molecule has 0 fully saturated rings. The van der Waals surface area contributed by atoms with Crippen molar-refractivity contribution in [2.24, 2.45) is 0 Å². The second-order valence-corrected chi connectivity index (χ2v) is 5.72. The molecule has 0 atom stereocenters. The zero-order valence-electron chi connectivity index (χ0n) is 11.7. The van der Waals surface area contributed by atoms with Crippen LogP contribution in [0.5, 0.6) is 0 Å². The van der Waals surface area contributed by atoms with E-state index in [9.17, 15) is 9.90 Å². The van der Waals surface area contributed by atoms with Gasteiger partial charge in [-0.15, -0.1) is 0 Å². The van der Waals surface area contributed by atoms with E-state index in [0.29, 0.717) is 5.56 Å². The number of fused-ring (bicyclic) bond motifs is 1. The van der Waals surface area contributed by atoms with Crippen LogP contribution < -0.4 is 0 Å². The fourth-order valence-electron chi connectivity index (χ4n) is 2.41. The van der Waals surface area contributed by atoms with Crippen LogP contribution in [0.3, 0.4) is 0 Å². The van der Waals surface area contributed by atoms with Gasteiger partial charge in [0.2, 0.25) is 0 Å². The Hall–Kier alpha value is -2.39. The second kappa shape index (κ2) is 6.16. The number of halogens is 1.